The largest absolute Gasteiger partial charge is 0.493 e. The molecule has 0 aliphatic heterocycles. The molecule has 0 saturated heterocycles. The quantitative estimate of drug-likeness (QED) is 0.319. The lowest BCUT2D eigenvalue weighted by Gasteiger charge is -2.10. The minimum atomic E-state index is -0.642. The maximum atomic E-state index is 12.6. The number of esters is 2. The molecule has 0 unspecified atom stereocenters. The van der Waals surface area contributed by atoms with Crippen LogP contribution in [0.3, 0.4) is 0 Å². The van der Waals surface area contributed by atoms with Gasteiger partial charge in [0.05, 0.1) is 37.7 Å². The first-order chi connectivity index (χ1) is 17.2. The first-order valence-corrected chi connectivity index (χ1v) is 12.1. The second-order valence-electron chi connectivity index (χ2n) is 8.21. The smallest absolute Gasteiger partial charge is 0.337 e. The molecule has 10 nitrogen and oxygen atoms in total. The van der Waals surface area contributed by atoms with E-state index in [4.69, 9.17) is 14.2 Å². The van der Waals surface area contributed by atoms with E-state index in [1.807, 2.05) is 31.3 Å². The van der Waals surface area contributed by atoms with Gasteiger partial charge in [0.1, 0.15) is 5.75 Å². The molecule has 0 atom stereocenters. The third-order valence-corrected chi connectivity index (χ3v) is 5.94. The van der Waals surface area contributed by atoms with Crippen molar-refractivity contribution in [2.45, 2.75) is 19.0 Å². The summed E-state index contributed by atoms with van der Waals surface area (Å²) in [5, 5.41) is 11.7. The molecule has 0 fully saturated rings. The van der Waals surface area contributed by atoms with Crippen LogP contribution in [-0.4, -0.2) is 59.2 Å². The molecular formula is C25H28N4O6S. The van der Waals surface area contributed by atoms with Crippen molar-refractivity contribution < 1.29 is 28.6 Å². The molecule has 1 heterocycles. The molecular weight excluding hydrogens is 484 g/mol. The standard InChI is InChI=1S/C25H28N4O6S/c1-15(2)13-35-20-8-6-16(7-9-20)22-27-28-25(29(22)3)36-14-21(30)26-19-11-17(23(31)33-4)10-18(12-19)24(32)34-5/h6-12,15H,13-14H2,1-5H3,(H,26,30). The molecule has 190 valence electrons. The normalized spacial score (nSPS) is 10.7. The number of thioether (sulfide) groups is 1. The minimum Gasteiger partial charge on any atom is -0.493 e. The number of nitrogens with zero attached hydrogens (tertiary/aromatic N) is 3. The lowest BCUT2D eigenvalue weighted by Crippen LogP contribution is -2.16. The zero-order valence-electron chi connectivity index (χ0n) is 20.7. The Hall–Kier alpha value is -3.86. The Morgan fingerprint density at radius 2 is 1.58 bits per heavy atom. The van der Waals surface area contributed by atoms with E-state index in [2.05, 4.69) is 29.4 Å². The van der Waals surface area contributed by atoms with Gasteiger partial charge in [0.15, 0.2) is 11.0 Å². The number of carbonyl (C=O) groups excluding carboxylic acids is 3. The number of ether oxygens (including phenoxy) is 3. The summed E-state index contributed by atoms with van der Waals surface area (Å²) < 4.78 is 17.0. The van der Waals surface area contributed by atoms with Crippen LogP contribution in [0.2, 0.25) is 0 Å². The van der Waals surface area contributed by atoms with E-state index >= 15 is 0 Å². The van der Waals surface area contributed by atoms with Crippen molar-refractivity contribution in [3.8, 4) is 17.1 Å². The van der Waals surface area contributed by atoms with E-state index in [1.165, 1.54) is 44.2 Å². The van der Waals surface area contributed by atoms with Crippen LogP contribution in [0.15, 0.2) is 47.6 Å². The van der Waals surface area contributed by atoms with Crippen molar-refractivity contribution >= 4 is 35.3 Å². The molecule has 11 heteroatoms. The van der Waals surface area contributed by atoms with Crippen LogP contribution in [0.5, 0.6) is 5.75 Å². The lowest BCUT2D eigenvalue weighted by molar-refractivity contribution is -0.113. The highest BCUT2D eigenvalue weighted by molar-refractivity contribution is 7.99. The summed E-state index contributed by atoms with van der Waals surface area (Å²) in [6, 6.07) is 11.8. The van der Waals surface area contributed by atoms with E-state index in [9.17, 15) is 14.4 Å². The minimum absolute atomic E-state index is 0.0317. The predicted molar refractivity (Wildman–Crippen MR) is 135 cm³/mol. The molecule has 3 aromatic rings. The Morgan fingerprint density at radius 1 is 0.972 bits per heavy atom. The fraction of sp³-hybridized carbons (Fsp3) is 0.320. The highest BCUT2D eigenvalue weighted by atomic mass is 32.2. The molecule has 0 bridgehead atoms. The fourth-order valence-electron chi connectivity index (χ4n) is 3.15. The fourth-order valence-corrected chi connectivity index (χ4v) is 3.86. The summed E-state index contributed by atoms with van der Waals surface area (Å²) in [6.07, 6.45) is 0. The third kappa shape index (κ3) is 6.85. The van der Waals surface area contributed by atoms with E-state index in [0.717, 1.165) is 11.3 Å². The summed E-state index contributed by atoms with van der Waals surface area (Å²) in [7, 11) is 4.28. The average Bonchev–Trinajstić information content (AvgIpc) is 3.25. The van der Waals surface area contributed by atoms with Crippen molar-refractivity contribution in [2.24, 2.45) is 13.0 Å². The maximum absolute atomic E-state index is 12.6. The number of nitrogens with one attached hydrogen (secondary N) is 1. The van der Waals surface area contributed by atoms with Gasteiger partial charge in [-0.25, -0.2) is 9.59 Å². The van der Waals surface area contributed by atoms with Crippen LogP contribution in [0.25, 0.3) is 11.4 Å². The molecule has 2 aromatic carbocycles. The van der Waals surface area contributed by atoms with E-state index in [-0.39, 0.29) is 28.5 Å². The number of hydrogen-bond donors (Lipinski definition) is 1. The Labute approximate surface area is 213 Å². The Bertz CT molecular complexity index is 1210. The molecule has 0 saturated carbocycles. The van der Waals surface area contributed by atoms with Gasteiger partial charge in [0.2, 0.25) is 5.91 Å². The van der Waals surface area contributed by atoms with Gasteiger partial charge in [0, 0.05) is 18.3 Å². The van der Waals surface area contributed by atoms with Gasteiger partial charge in [-0.3, -0.25) is 4.79 Å². The summed E-state index contributed by atoms with van der Waals surface area (Å²) in [6.45, 7) is 4.82. The highest BCUT2D eigenvalue weighted by Gasteiger charge is 2.17. The van der Waals surface area contributed by atoms with Gasteiger partial charge < -0.3 is 24.1 Å². The summed E-state index contributed by atoms with van der Waals surface area (Å²) in [5.74, 6) is 0.271. The Kier molecular flexibility index (Phi) is 9.07. The molecule has 3 rings (SSSR count). The van der Waals surface area contributed by atoms with Crippen molar-refractivity contribution in [3.05, 3.63) is 53.6 Å². The number of aromatic nitrogens is 3. The van der Waals surface area contributed by atoms with E-state index in [1.54, 1.807) is 4.57 Å². The van der Waals surface area contributed by atoms with Crippen LogP contribution in [0.4, 0.5) is 5.69 Å². The zero-order chi connectivity index (χ0) is 26.2. The molecule has 0 radical (unpaired) electrons. The molecule has 0 spiro atoms. The number of amides is 1. The van der Waals surface area contributed by atoms with Crippen molar-refractivity contribution in [2.75, 3.05) is 31.9 Å². The van der Waals surface area contributed by atoms with Crippen LogP contribution < -0.4 is 10.1 Å². The molecule has 0 aliphatic rings. The molecule has 1 aromatic heterocycles. The number of carbonyl (C=O) groups is 3. The SMILES string of the molecule is COC(=O)c1cc(NC(=O)CSc2nnc(-c3ccc(OCC(C)C)cc3)n2C)cc(C(=O)OC)c1. The number of hydrogen-bond acceptors (Lipinski definition) is 9. The monoisotopic (exact) mass is 512 g/mol. The number of benzene rings is 2. The lowest BCUT2D eigenvalue weighted by atomic mass is 10.1. The third-order valence-electron chi connectivity index (χ3n) is 4.92. The van der Waals surface area contributed by atoms with Crippen LogP contribution in [-0.2, 0) is 21.3 Å². The predicted octanol–water partition coefficient (Wildman–Crippen LogP) is 3.82. The van der Waals surface area contributed by atoms with Gasteiger partial charge >= 0.3 is 11.9 Å². The van der Waals surface area contributed by atoms with Crippen molar-refractivity contribution in [3.63, 3.8) is 0 Å². The van der Waals surface area contributed by atoms with Crippen molar-refractivity contribution in [1.82, 2.24) is 14.8 Å². The average molecular weight is 513 g/mol. The summed E-state index contributed by atoms with van der Waals surface area (Å²) in [5.41, 5.74) is 1.36. The van der Waals surface area contributed by atoms with Gasteiger partial charge in [-0.15, -0.1) is 10.2 Å². The second-order valence-corrected chi connectivity index (χ2v) is 9.16. The first kappa shape index (κ1) is 26.7. The highest BCUT2D eigenvalue weighted by Crippen LogP contribution is 2.25. The van der Waals surface area contributed by atoms with Crippen LogP contribution >= 0.6 is 11.8 Å². The molecule has 36 heavy (non-hydrogen) atoms. The van der Waals surface area contributed by atoms with E-state index in [0.29, 0.717) is 23.5 Å². The van der Waals surface area contributed by atoms with Crippen molar-refractivity contribution in [1.29, 1.82) is 0 Å². The summed E-state index contributed by atoms with van der Waals surface area (Å²) >= 11 is 1.20. The maximum Gasteiger partial charge on any atom is 0.337 e. The Morgan fingerprint density at radius 3 is 2.14 bits per heavy atom. The van der Waals surface area contributed by atoms with Crippen LogP contribution in [0.1, 0.15) is 34.6 Å². The number of rotatable bonds is 10. The van der Waals surface area contributed by atoms with Gasteiger partial charge in [-0.05, 0) is 48.4 Å². The number of methoxy groups -OCH3 is 2. The topological polar surface area (TPSA) is 122 Å². The first-order valence-electron chi connectivity index (χ1n) is 11.1. The van der Waals surface area contributed by atoms with E-state index < -0.39 is 11.9 Å². The zero-order valence-corrected chi connectivity index (χ0v) is 21.5. The summed E-state index contributed by atoms with van der Waals surface area (Å²) in [4.78, 5) is 36.5. The molecule has 1 amide bonds. The number of anilines is 1. The van der Waals surface area contributed by atoms with Gasteiger partial charge in [-0.1, -0.05) is 25.6 Å². The molecule has 1 N–H and O–H groups in total. The Balaban J connectivity index is 1.66. The second kappa shape index (κ2) is 12.2. The van der Waals surface area contributed by atoms with Gasteiger partial charge in [-0.2, -0.15) is 0 Å². The van der Waals surface area contributed by atoms with Gasteiger partial charge in [0.25, 0.3) is 0 Å². The van der Waals surface area contributed by atoms with Crippen LogP contribution in [0, 0.1) is 5.92 Å². The molecule has 0 aliphatic carbocycles.